The van der Waals surface area contributed by atoms with Crippen LogP contribution in [0.15, 0.2) is 42.5 Å². The molecule has 1 saturated heterocycles. The largest absolute Gasteiger partial charge is 0.340 e. The van der Waals surface area contributed by atoms with Gasteiger partial charge in [-0.1, -0.05) is 55.8 Å². The number of halogens is 1. The average Bonchev–Trinajstić information content (AvgIpc) is 3.10. The molecule has 2 atom stereocenters. The van der Waals surface area contributed by atoms with Crippen LogP contribution in [0.4, 0.5) is 4.39 Å². The lowest BCUT2D eigenvalue weighted by Gasteiger charge is -2.33. The number of carbonyl (C=O) groups is 1. The number of nitrogens with zero attached hydrogens (tertiary/aromatic N) is 2. The quantitative estimate of drug-likeness (QED) is 0.582. The van der Waals surface area contributed by atoms with Gasteiger partial charge in [0.1, 0.15) is 5.82 Å². The standard InChI is InChI=1S/C27H37FN2O/c1-18(2)27(31)30(19(3)4)16-23-15-29(14-22-13-20(5)11-12-26(22)28)17-25(23)24-10-8-7-9-21(24)6/h7-13,18-19,23,25H,14-17H2,1-6H3. The summed E-state index contributed by atoms with van der Waals surface area (Å²) in [4.78, 5) is 17.3. The monoisotopic (exact) mass is 424 g/mol. The van der Waals surface area contributed by atoms with Gasteiger partial charge in [-0.3, -0.25) is 9.69 Å². The van der Waals surface area contributed by atoms with Crippen molar-refractivity contribution >= 4 is 5.91 Å². The molecule has 1 heterocycles. The zero-order valence-electron chi connectivity index (χ0n) is 19.9. The van der Waals surface area contributed by atoms with Crippen molar-refractivity contribution in [3.8, 4) is 0 Å². The van der Waals surface area contributed by atoms with Gasteiger partial charge in [0.25, 0.3) is 0 Å². The normalized spacial score (nSPS) is 19.4. The summed E-state index contributed by atoms with van der Waals surface area (Å²) in [7, 11) is 0. The molecule has 4 heteroatoms. The average molecular weight is 425 g/mol. The van der Waals surface area contributed by atoms with Gasteiger partial charge in [0.2, 0.25) is 5.91 Å². The molecule has 0 N–H and O–H groups in total. The Hall–Kier alpha value is -2.20. The van der Waals surface area contributed by atoms with Crippen LogP contribution in [0.25, 0.3) is 0 Å². The summed E-state index contributed by atoms with van der Waals surface area (Å²) < 4.78 is 14.4. The second-order valence-electron chi connectivity index (χ2n) is 9.75. The van der Waals surface area contributed by atoms with Crippen LogP contribution in [-0.4, -0.2) is 41.4 Å². The minimum atomic E-state index is -0.139. The molecule has 1 aliphatic heterocycles. The van der Waals surface area contributed by atoms with Crippen molar-refractivity contribution in [3.05, 3.63) is 70.5 Å². The van der Waals surface area contributed by atoms with Gasteiger partial charge in [-0.15, -0.1) is 0 Å². The van der Waals surface area contributed by atoms with E-state index in [4.69, 9.17) is 0 Å². The number of aryl methyl sites for hydroxylation is 2. The highest BCUT2D eigenvalue weighted by Crippen LogP contribution is 2.36. The third-order valence-electron chi connectivity index (χ3n) is 6.53. The maximum Gasteiger partial charge on any atom is 0.225 e. The van der Waals surface area contributed by atoms with Gasteiger partial charge in [-0.05, 0) is 50.8 Å². The van der Waals surface area contributed by atoms with E-state index >= 15 is 0 Å². The van der Waals surface area contributed by atoms with Crippen molar-refractivity contribution in [1.29, 1.82) is 0 Å². The highest BCUT2D eigenvalue weighted by molar-refractivity contribution is 5.78. The van der Waals surface area contributed by atoms with E-state index in [1.54, 1.807) is 6.07 Å². The van der Waals surface area contributed by atoms with E-state index in [9.17, 15) is 9.18 Å². The Morgan fingerprint density at radius 3 is 2.45 bits per heavy atom. The van der Waals surface area contributed by atoms with E-state index in [0.29, 0.717) is 18.4 Å². The van der Waals surface area contributed by atoms with E-state index in [0.717, 1.165) is 30.8 Å². The first-order valence-electron chi connectivity index (χ1n) is 11.5. The topological polar surface area (TPSA) is 23.6 Å². The molecule has 3 rings (SSSR count). The van der Waals surface area contributed by atoms with E-state index in [-0.39, 0.29) is 23.7 Å². The summed E-state index contributed by atoms with van der Waals surface area (Å²) in [5, 5.41) is 0. The number of hydrogen-bond donors (Lipinski definition) is 0. The molecule has 2 unspecified atom stereocenters. The molecule has 1 aliphatic rings. The number of hydrogen-bond acceptors (Lipinski definition) is 2. The molecule has 0 aliphatic carbocycles. The number of likely N-dealkylation sites (tertiary alicyclic amines) is 1. The third-order valence-corrected chi connectivity index (χ3v) is 6.53. The molecule has 31 heavy (non-hydrogen) atoms. The molecule has 0 radical (unpaired) electrons. The van der Waals surface area contributed by atoms with E-state index in [2.05, 4.69) is 49.9 Å². The van der Waals surface area contributed by atoms with Crippen LogP contribution in [-0.2, 0) is 11.3 Å². The smallest absolute Gasteiger partial charge is 0.225 e. The molecule has 2 aromatic rings. The fourth-order valence-electron chi connectivity index (χ4n) is 4.84. The lowest BCUT2D eigenvalue weighted by Crippen LogP contribution is -2.43. The van der Waals surface area contributed by atoms with Crippen LogP contribution in [0.5, 0.6) is 0 Å². The van der Waals surface area contributed by atoms with Gasteiger partial charge in [0.05, 0.1) is 0 Å². The molecule has 1 fully saturated rings. The third kappa shape index (κ3) is 5.54. The van der Waals surface area contributed by atoms with E-state index < -0.39 is 0 Å². The van der Waals surface area contributed by atoms with Crippen LogP contribution < -0.4 is 0 Å². The van der Waals surface area contributed by atoms with Gasteiger partial charge in [-0.25, -0.2) is 4.39 Å². The Morgan fingerprint density at radius 1 is 1.10 bits per heavy atom. The van der Waals surface area contributed by atoms with Gasteiger partial charge in [-0.2, -0.15) is 0 Å². The van der Waals surface area contributed by atoms with Crippen molar-refractivity contribution in [2.45, 2.75) is 60.0 Å². The van der Waals surface area contributed by atoms with Crippen molar-refractivity contribution < 1.29 is 9.18 Å². The lowest BCUT2D eigenvalue weighted by atomic mass is 9.86. The minimum Gasteiger partial charge on any atom is -0.340 e. The highest BCUT2D eigenvalue weighted by Gasteiger charge is 2.37. The summed E-state index contributed by atoms with van der Waals surface area (Å²) in [6.45, 7) is 15.4. The van der Waals surface area contributed by atoms with Crippen LogP contribution in [0.3, 0.4) is 0 Å². The number of amides is 1. The maximum absolute atomic E-state index is 14.4. The Bertz CT molecular complexity index is 908. The zero-order chi connectivity index (χ0) is 22.7. The van der Waals surface area contributed by atoms with Gasteiger partial charge in [0, 0.05) is 49.6 Å². The molecule has 0 saturated carbocycles. The fourth-order valence-corrected chi connectivity index (χ4v) is 4.84. The molecule has 0 aromatic heterocycles. The minimum absolute atomic E-state index is 0.0155. The summed E-state index contributed by atoms with van der Waals surface area (Å²) in [6, 6.07) is 14.1. The first kappa shape index (κ1) is 23.5. The van der Waals surface area contributed by atoms with Crippen LogP contribution in [0, 0.1) is 31.5 Å². The second-order valence-corrected chi connectivity index (χ2v) is 9.75. The SMILES string of the molecule is Cc1ccc(F)c(CN2CC(CN(C(=O)C(C)C)C(C)C)C(c3ccccc3C)C2)c1. The summed E-state index contributed by atoms with van der Waals surface area (Å²) >= 11 is 0. The second kappa shape index (κ2) is 9.95. The number of benzene rings is 2. The van der Waals surface area contributed by atoms with Gasteiger partial charge in [0.15, 0.2) is 0 Å². The highest BCUT2D eigenvalue weighted by atomic mass is 19.1. The molecule has 0 spiro atoms. The van der Waals surface area contributed by atoms with Crippen molar-refractivity contribution in [3.63, 3.8) is 0 Å². The molecular formula is C27H37FN2O. The molecule has 1 amide bonds. The maximum atomic E-state index is 14.4. The molecular weight excluding hydrogens is 387 g/mol. The fraction of sp³-hybridized carbons (Fsp3) is 0.519. The Kier molecular flexibility index (Phi) is 7.53. The predicted octanol–water partition coefficient (Wildman–Crippen LogP) is 5.55. The Balaban J connectivity index is 1.87. The molecule has 0 bridgehead atoms. The van der Waals surface area contributed by atoms with Crippen molar-refractivity contribution in [2.75, 3.05) is 19.6 Å². The van der Waals surface area contributed by atoms with Crippen LogP contribution in [0.1, 0.15) is 55.9 Å². The predicted molar refractivity (Wildman–Crippen MR) is 126 cm³/mol. The lowest BCUT2D eigenvalue weighted by molar-refractivity contribution is -0.136. The van der Waals surface area contributed by atoms with Gasteiger partial charge >= 0.3 is 0 Å². The Morgan fingerprint density at radius 2 is 1.81 bits per heavy atom. The van der Waals surface area contributed by atoms with E-state index in [1.807, 2.05) is 37.8 Å². The molecule has 3 nitrogen and oxygen atoms in total. The van der Waals surface area contributed by atoms with Crippen molar-refractivity contribution in [2.24, 2.45) is 11.8 Å². The van der Waals surface area contributed by atoms with E-state index in [1.165, 1.54) is 11.1 Å². The summed E-state index contributed by atoms with van der Waals surface area (Å²) in [5.74, 6) is 0.703. The zero-order valence-corrected chi connectivity index (χ0v) is 19.9. The first-order chi connectivity index (χ1) is 14.7. The summed E-state index contributed by atoms with van der Waals surface area (Å²) in [6.07, 6.45) is 0. The van der Waals surface area contributed by atoms with Gasteiger partial charge < -0.3 is 4.90 Å². The number of carbonyl (C=O) groups excluding carboxylic acids is 1. The van der Waals surface area contributed by atoms with Crippen molar-refractivity contribution in [1.82, 2.24) is 9.80 Å². The first-order valence-corrected chi connectivity index (χ1v) is 11.5. The molecule has 168 valence electrons. The Labute approximate surface area is 187 Å². The van der Waals surface area contributed by atoms with Crippen LogP contribution >= 0.6 is 0 Å². The van der Waals surface area contributed by atoms with Crippen LogP contribution in [0.2, 0.25) is 0 Å². The summed E-state index contributed by atoms with van der Waals surface area (Å²) in [5.41, 5.74) is 4.46. The molecule has 2 aromatic carbocycles. The number of rotatable bonds is 7.